The number of pyridine rings is 1. The minimum Gasteiger partial charge on any atom is -0.357 e. The van der Waals surface area contributed by atoms with Crippen molar-refractivity contribution in [1.29, 1.82) is 0 Å². The molecule has 0 spiro atoms. The zero-order valence-corrected chi connectivity index (χ0v) is 8.53. The molecule has 0 N–H and O–H groups in total. The third-order valence-corrected chi connectivity index (χ3v) is 2.14. The summed E-state index contributed by atoms with van der Waals surface area (Å²) in [6, 6.07) is 6.06. The van der Waals surface area contributed by atoms with Crippen LogP contribution in [0.5, 0.6) is 0 Å². The van der Waals surface area contributed by atoms with Gasteiger partial charge < -0.3 is 4.90 Å². The van der Waals surface area contributed by atoms with Crippen LogP contribution in [0.3, 0.4) is 0 Å². The first kappa shape index (κ1) is 10.0. The molecule has 0 bridgehead atoms. The summed E-state index contributed by atoms with van der Waals surface area (Å²) in [4.78, 5) is 6.64. The van der Waals surface area contributed by atoms with Crippen LogP contribution in [0, 0.1) is 0 Å². The van der Waals surface area contributed by atoms with Crippen LogP contribution in [0.15, 0.2) is 24.4 Å². The van der Waals surface area contributed by atoms with Gasteiger partial charge in [0.05, 0.1) is 0 Å². The van der Waals surface area contributed by atoms with E-state index < -0.39 is 0 Å². The van der Waals surface area contributed by atoms with Crippen LogP contribution in [-0.2, 0) is 0 Å². The van der Waals surface area contributed by atoms with Crippen molar-refractivity contribution in [3.63, 3.8) is 0 Å². The van der Waals surface area contributed by atoms with Crippen molar-refractivity contribution in [3.8, 4) is 0 Å². The summed E-state index contributed by atoms with van der Waals surface area (Å²) in [5, 5.41) is 0. The predicted octanol–water partition coefficient (Wildman–Crippen LogP) is 2.71. The van der Waals surface area contributed by atoms with Gasteiger partial charge in [0.25, 0.3) is 0 Å². The van der Waals surface area contributed by atoms with E-state index in [9.17, 15) is 0 Å². The van der Waals surface area contributed by atoms with E-state index in [1.165, 1.54) is 12.8 Å². The molecule has 0 saturated carbocycles. The lowest BCUT2D eigenvalue weighted by Gasteiger charge is -2.21. The number of hydrogen-bond acceptors (Lipinski definition) is 2. The Balaban J connectivity index is 2.56. The molecule has 0 saturated heterocycles. The van der Waals surface area contributed by atoms with Crippen molar-refractivity contribution in [3.05, 3.63) is 24.4 Å². The number of hydrogen-bond donors (Lipinski definition) is 0. The van der Waals surface area contributed by atoms with E-state index in [-0.39, 0.29) is 0 Å². The molecular formula is C11H18N2. The number of anilines is 1. The Morgan fingerprint density at radius 2 is 2.15 bits per heavy atom. The van der Waals surface area contributed by atoms with Crippen LogP contribution in [0.2, 0.25) is 0 Å². The van der Waals surface area contributed by atoms with Gasteiger partial charge in [0.2, 0.25) is 0 Å². The Hall–Kier alpha value is -1.05. The topological polar surface area (TPSA) is 16.1 Å². The predicted molar refractivity (Wildman–Crippen MR) is 57.0 cm³/mol. The van der Waals surface area contributed by atoms with E-state index in [2.05, 4.69) is 29.8 Å². The quantitative estimate of drug-likeness (QED) is 0.689. The van der Waals surface area contributed by atoms with Crippen molar-refractivity contribution in [2.45, 2.75) is 26.7 Å². The molecule has 2 nitrogen and oxygen atoms in total. The maximum absolute atomic E-state index is 4.33. The van der Waals surface area contributed by atoms with Crippen LogP contribution >= 0.6 is 0 Å². The number of unbranched alkanes of at least 4 members (excludes halogenated alkanes) is 1. The van der Waals surface area contributed by atoms with Crippen LogP contribution in [0.4, 0.5) is 5.82 Å². The Morgan fingerprint density at radius 1 is 1.31 bits per heavy atom. The Morgan fingerprint density at radius 3 is 2.69 bits per heavy atom. The monoisotopic (exact) mass is 178 g/mol. The number of rotatable bonds is 5. The zero-order valence-electron chi connectivity index (χ0n) is 8.53. The molecule has 0 aliphatic rings. The lowest BCUT2D eigenvalue weighted by Crippen LogP contribution is -2.24. The second kappa shape index (κ2) is 5.57. The van der Waals surface area contributed by atoms with Gasteiger partial charge in [-0.15, -0.1) is 0 Å². The van der Waals surface area contributed by atoms with Crippen molar-refractivity contribution < 1.29 is 0 Å². The van der Waals surface area contributed by atoms with Crippen LogP contribution in [0.1, 0.15) is 26.7 Å². The minimum atomic E-state index is 1.04. The number of nitrogens with zero attached hydrogens (tertiary/aromatic N) is 2. The first-order chi connectivity index (χ1) is 6.38. The Labute approximate surface area is 80.6 Å². The summed E-state index contributed by atoms with van der Waals surface area (Å²) in [6.07, 6.45) is 4.33. The van der Waals surface area contributed by atoms with Gasteiger partial charge in [0, 0.05) is 19.3 Å². The summed E-state index contributed by atoms with van der Waals surface area (Å²) in [5.41, 5.74) is 0. The molecule has 13 heavy (non-hydrogen) atoms. The molecule has 0 aliphatic heterocycles. The van der Waals surface area contributed by atoms with E-state index in [4.69, 9.17) is 0 Å². The molecule has 72 valence electrons. The van der Waals surface area contributed by atoms with Gasteiger partial charge in [-0.3, -0.25) is 0 Å². The summed E-state index contributed by atoms with van der Waals surface area (Å²) in [7, 11) is 0. The molecule has 0 aromatic carbocycles. The van der Waals surface area contributed by atoms with Gasteiger partial charge >= 0.3 is 0 Å². The average molecular weight is 178 g/mol. The highest BCUT2D eigenvalue weighted by molar-refractivity contribution is 5.37. The van der Waals surface area contributed by atoms with E-state index in [1.807, 2.05) is 18.3 Å². The fraction of sp³-hybridized carbons (Fsp3) is 0.545. The SMILES string of the molecule is CCCCN(CC)c1ccccn1. The van der Waals surface area contributed by atoms with E-state index >= 15 is 0 Å². The maximum atomic E-state index is 4.33. The average Bonchev–Trinajstić information content (AvgIpc) is 2.21. The normalized spacial score (nSPS) is 10.0. The minimum absolute atomic E-state index is 1.04. The molecule has 2 heteroatoms. The molecule has 1 rings (SSSR count). The van der Waals surface area contributed by atoms with Gasteiger partial charge in [0.15, 0.2) is 0 Å². The van der Waals surface area contributed by atoms with Crippen LogP contribution in [-0.4, -0.2) is 18.1 Å². The highest BCUT2D eigenvalue weighted by atomic mass is 15.2. The summed E-state index contributed by atoms with van der Waals surface area (Å²) in [5.74, 6) is 1.10. The summed E-state index contributed by atoms with van der Waals surface area (Å²) < 4.78 is 0. The smallest absolute Gasteiger partial charge is 0.128 e. The van der Waals surface area contributed by atoms with Crippen molar-refractivity contribution in [2.75, 3.05) is 18.0 Å². The van der Waals surface area contributed by atoms with E-state index in [1.54, 1.807) is 0 Å². The molecule has 1 aromatic rings. The van der Waals surface area contributed by atoms with Crippen molar-refractivity contribution >= 4 is 5.82 Å². The summed E-state index contributed by atoms with van der Waals surface area (Å²) in [6.45, 7) is 6.54. The van der Waals surface area contributed by atoms with Gasteiger partial charge in [-0.05, 0) is 25.5 Å². The first-order valence-electron chi connectivity index (χ1n) is 5.04. The molecule has 0 amide bonds. The largest absolute Gasteiger partial charge is 0.357 e. The van der Waals surface area contributed by atoms with Gasteiger partial charge in [0.1, 0.15) is 5.82 Å². The third kappa shape index (κ3) is 3.05. The molecule has 0 atom stereocenters. The van der Waals surface area contributed by atoms with Gasteiger partial charge in [-0.25, -0.2) is 4.98 Å². The fourth-order valence-electron chi connectivity index (χ4n) is 1.32. The van der Waals surface area contributed by atoms with Gasteiger partial charge in [-0.1, -0.05) is 19.4 Å². The second-order valence-electron chi connectivity index (χ2n) is 3.12. The van der Waals surface area contributed by atoms with Crippen molar-refractivity contribution in [2.24, 2.45) is 0 Å². The first-order valence-corrected chi connectivity index (χ1v) is 5.04. The van der Waals surface area contributed by atoms with Gasteiger partial charge in [-0.2, -0.15) is 0 Å². The lowest BCUT2D eigenvalue weighted by atomic mass is 10.3. The molecule has 1 heterocycles. The molecule has 0 unspecified atom stereocenters. The van der Waals surface area contributed by atoms with Crippen LogP contribution < -0.4 is 4.90 Å². The standard InChI is InChI=1S/C11H18N2/c1-3-5-10-13(4-2)11-8-6-7-9-12-11/h6-9H,3-5,10H2,1-2H3. The molecule has 0 aliphatic carbocycles. The number of aromatic nitrogens is 1. The Bertz CT molecular complexity index is 221. The third-order valence-electron chi connectivity index (χ3n) is 2.14. The second-order valence-corrected chi connectivity index (χ2v) is 3.12. The van der Waals surface area contributed by atoms with Crippen LogP contribution in [0.25, 0.3) is 0 Å². The van der Waals surface area contributed by atoms with E-state index in [0.29, 0.717) is 0 Å². The highest BCUT2D eigenvalue weighted by Crippen LogP contribution is 2.09. The zero-order chi connectivity index (χ0) is 9.52. The maximum Gasteiger partial charge on any atom is 0.128 e. The van der Waals surface area contributed by atoms with E-state index in [0.717, 1.165) is 18.9 Å². The molecule has 0 fully saturated rings. The highest BCUT2D eigenvalue weighted by Gasteiger charge is 2.02. The lowest BCUT2D eigenvalue weighted by molar-refractivity contribution is 0.724. The molecule has 0 radical (unpaired) electrons. The summed E-state index contributed by atoms with van der Waals surface area (Å²) >= 11 is 0. The van der Waals surface area contributed by atoms with Crippen molar-refractivity contribution in [1.82, 2.24) is 4.98 Å². The molecular weight excluding hydrogens is 160 g/mol. The molecule has 1 aromatic heterocycles. The fourth-order valence-corrected chi connectivity index (χ4v) is 1.32. The Kier molecular flexibility index (Phi) is 4.30.